The Kier molecular flexibility index (Phi) is 2.77. The van der Waals surface area contributed by atoms with Crippen LogP contribution in [0.2, 0.25) is 0 Å². The van der Waals surface area contributed by atoms with Gasteiger partial charge in [0.05, 0.1) is 11.2 Å². The van der Waals surface area contributed by atoms with E-state index in [0.717, 1.165) is 6.42 Å². The Balaban J connectivity index is 1.88. The molecule has 3 rings (SSSR count). The molecule has 1 aromatic heterocycles. The molecule has 0 spiro atoms. The first-order valence-electron chi connectivity index (χ1n) is 6.63. The monoisotopic (exact) mass is 299 g/mol. The molecule has 0 saturated heterocycles. The van der Waals surface area contributed by atoms with E-state index in [1.807, 2.05) is 13.8 Å². The highest BCUT2D eigenvalue weighted by Crippen LogP contribution is 2.64. The maximum Gasteiger partial charge on any atom is 0.311 e. The molecule has 0 radical (unpaired) electrons. The number of ketones is 1. The van der Waals surface area contributed by atoms with Crippen molar-refractivity contribution in [3.63, 3.8) is 0 Å². The van der Waals surface area contributed by atoms with E-state index in [9.17, 15) is 13.2 Å². The van der Waals surface area contributed by atoms with Crippen LogP contribution in [-0.4, -0.2) is 25.1 Å². The van der Waals surface area contributed by atoms with Crippen molar-refractivity contribution in [2.24, 2.45) is 16.7 Å². The number of hydrogen-bond acceptors (Lipinski definition) is 6. The zero-order chi connectivity index (χ0) is 14.6. The molecule has 6 nitrogen and oxygen atoms in total. The second-order valence-corrected chi connectivity index (χ2v) is 7.86. The number of carbonyl (C=O) groups excluding carboxylic acids is 1. The largest absolute Gasteiger partial charge is 0.361 e. The summed E-state index contributed by atoms with van der Waals surface area (Å²) in [6.45, 7) is 3.97. The van der Waals surface area contributed by atoms with Gasteiger partial charge in [0.2, 0.25) is 0 Å². The van der Waals surface area contributed by atoms with Crippen LogP contribution in [0, 0.1) is 16.7 Å². The van der Waals surface area contributed by atoms with Crippen molar-refractivity contribution in [1.29, 1.82) is 0 Å². The minimum absolute atomic E-state index is 0.0473. The van der Waals surface area contributed by atoms with Crippen molar-refractivity contribution in [1.82, 2.24) is 5.16 Å². The Morgan fingerprint density at radius 1 is 1.50 bits per heavy atom. The molecular formula is C13H17NO5S. The molecule has 20 heavy (non-hydrogen) atoms. The third-order valence-corrected chi connectivity index (χ3v) is 6.46. The predicted molar refractivity (Wildman–Crippen MR) is 69.5 cm³/mol. The van der Waals surface area contributed by atoms with Gasteiger partial charge < -0.3 is 8.71 Å². The van der Waals surface area contributed by atoms with Gasteiger partial charge in [0.1, 0.15) is 12.0 Å². The van der Waals surface area contributed by atoms with E-state index < -0.39 is 15.5 Å². The number of aromatic nitrogens is 1. The van der Waals surface area contributed by atoms with Crippen molar-refractivity contribution in [3.05, 3.63) is 12.3 Å². The second-order valence-electron chi connectivity index (χ2n) is 6.29. The molecule has 2 saturated carbocycles. The molecule has 2 aliphatic carbocycles. The normalized spacial score (nSPS) is 31.7. The van der Waals surface area contributed by atoms with E-state index in [0.29, 0.717) is 12.8 Å². The Hall–Kier alpha value is -1.37. The summed E-state index contributed by atoms with van der Waals surface area (Å²) in [4.78, 5) is 12.3. The van der Waals surface area contributed by atoms with Gasteiger partial charge >= 0.3 is 10.1 Å². The lowest BCUT2D eigenvalue weighted by Crippen LogP contribution is -2.43. The van der Waals surface area contributed by atoms with Gasteiger partial charge in [-0.2, -0.15) is 8.42 Å². The molecule has 1 heterocycles. The van der Waals surface area contributed by atoms with E-state index in [1.54, 1.807) is 0 Å². The lowest BCUT2D eigenvalue weighted by Gasteiger charge is -2.35. The third kappa shape index (κ3) is 1.79. The van der Waals surface area contributed by atoms with Gasteiger partial charge in [0.25, 0.3) is 5.88 Å². The summed E-state index contributed by atoms with van der Waals surface area (Å²) >= 11 is 0. The van der Waals surface area contributed by atoms with Gasteiger partial charge in [0, 0.05) is 12.5 Å². The Morgan fingerprint density at radius 2 is 2.25 bits per heavy atom. The van der Waals surface area contributed by atoms with Gasteiger partial charge in [-0.15, -0.1) is 0 Å². The summed E-state index contributed by atoms with van der Waals surface area (Å²) in [6.07, 6.45) is 3.23. The minimum atomic E-state index is -3.88. The molecule has 0 aromatic carbocycles. The first-order chi connectivity index (χ1) is 9.27. The van der Waals surface area contributed by atoms with Crippen molar-refractivity contribution in [2.45, 2.75) is 33.1 Å². The highest BCUT2D eigenvalue weighted by atomic mass is 32.2. The number of nitrogens with zero attached hydrogens (tertiary/aromatic N) is 1. The van der Waals surface area contributed by atoms with Crippen LogP contribution >= 0.6 is 0 Å². The van der Waals surface area contributed by atoms with Crippen LogP contribution in [0.3, 0.4) is 0 Å². The molecule has 2 bridgehead atoms. The van der Waals surface area contributed by atoms with Crippen molar-refractivity contribution in [3.8, 4) is 5.88 Å². The van der Waals surface area contributed by atoms with E-state index in [1.165, 1.54) is 12.3 Å². The molecule has 2 atom stereocenters. The first kappa shape index (κ1) is 13.6. The molecule has 110 valence electrons. The fraction of sp³-hybridized carbons (Fsp3) is 0.692. The Labute approximate surface area is 117 Å². The maximum absolute atomic E-state index is 12.3. The van der Waals surface area contributed by atoms with Crippen LogP contribution in [0.25, 0.3) is 0 Å². The van der Waals surface area contributed by atoms with Crippen LogP contribution in [0.4, 0.5) is 0 Å². The molecule has 0 N–H and O–H groups in total. The maximum atomic E-state index is 12.3. The average molecular weight is 299 g/mol. The third-order valence-electron chi connectivity index (χ3n) is 5.19. The van der Waals surface area contributed by atoms with Gasteiger partial charge in [-0.3, -0.25) is 4.79 Å². The Bertz CT molecular complexity index is 634. The topological polar surface area (TPSA) is 86.5 Å². The fourth-order valence-electron chi connectivity index (χ4n) is 3.81. The van der Waals surface area contributed by atoms with E-state index >= 15 is 0 Å². The van der Waals surface area contributed by atoms with Gasteiger partial charge in [-0.25, -0.2) is 0 Å². The van der Waals surface area contributed by atoms with Crippen LogP contribution in [0.15, 0.2) is 16.9 Å². The summed E-state index contributed by atoms with van der Waals surface area (Å²) < 4.78 is 33.9. The lowest BCUT2D eigenvalue weighted by molar-refractivity contribution is -0.128. The van der Waals surface area contributed by atoms with Crippen LogP contribution in [0.1, 0.15) is 33.1 Å². The molecule has 7 heteroatoms. The van der Waals surface area contributed by atoms with Crippen molar-refractivity contribution >= 4 is 15.9 Å². The van der Waals surface area contributed by atoms with E-state index in [4.69, 9.17) is 4.18 Å². The summed E-state index contributed by atoms with van der Waals surface area (Å²) in [7, 11) is -3.88. The quantitative estimate of drug-likeness (QED) is 0.788. The smallest absolute Gasteiger partial charge is 0.311 e. The summed E-state index contributed by atoms with van der Waals surface area (Å²) in [5.41, 5.74) is -1.12. The lowest BCUT2D eigenvalue weighted by atomic mass is 9.70. The zero-order valence-electron chi connectivity index (χ0n) is 11.5. The van der Waals surface area contributed by atoms with Crippen molar-refractivity contribution in [2.75, 3.05) is 5.75 Å². The first-order valence-corrected chi connectivity index (χ1v) is 8.20. The number of Topliss-reactive ketones (excluding diaryl/α,β-unsaturated/α-hetero) is 1. The molecule has 2 unspecified atom stereocenters. The molecule has 2 aliphatic rings. The van der Waals surface area contributed by atoms with Crippen molar-refractivity contribution < 1.29 is 21.9 Å². The zero-order valence-corrected chi connectivity index (χ0v) is 12.3. The molecule has 0 amide bonds. The van der Waals surface area contributed by atoms with Gasteiger partial charge in [0.15, 0.2) is 0 Å². The standard InChI is InChI=1S/C13H17NO5S/c1-12(2)9-3-5-13(12,10(15)7-9)8-20(16,17)19-11-4-6-18-14-11/h4,6,9H,3,5,7-8H2,1-2H3. The molecule has 1 aromatic rings. The fourth-order valence-corrected chi connectivity index (χ4v) is 5.50. The number of carbonyl (C=O) groups is 1. The second kappa shape index (κ2) is 4.07. The van der Waals surface area contributed by atoms with Crippen LogP contribution in [-0.2, 0) is 14.9 Å². The number of fused-ring (bicyclic) bond motifs is 2. The highest BCUT2D eigenvalue weighted by Gasteiger charge is 2.65. The van der Waals surface area contributed by atoms with Gasteiger partial charge in [-0.05, 0) is 29.3 Å². The number of rotatable bonds is 4. The van der Waals surface area contributed by atoms with E-state index in [2.05, 4.69) is 9.68 Å². The summed E-state index contributed by atoms with van der Waals surface area (Å²) in [6, 6.07) is 1.33. The van der Waals surface area contributed by atoms with Crippen LogP contribution in [0.5, 0.6) is 5.88 Å². The summed E-state index contributed by atoms with van der Waals surface area (Å²) in [5.74, 6) is -0.0580. The molecular weight excluding hydrogens is 282 g/mol. The summed E-state index contributed by atoms with van der Waals surface area (Å²) in [5, 5.41) is 3.43. The minimum Gasteiger partial charge on any atom is -0.361 e. The predicted octanol–water partition coefficient (Wildman–Crippen LogP) is 1.78. The van der Waals surface area contributed by atoms with Crippen LogP contribution < -0.4 is 4.18 Å². The average Bonchev–Trinajstić information content (AvgIpc) is 2.94. The SMILES string of the molecule is CC1(C)C2CCC1(CS(=O)(=O)Oc1ccon1)C(=O)C2. The molecule has 2 fully saturated rings. The van der Waals surface area contributed by atoms with E-state index in [-0.39, 0.29) is 28.7 Å². The molecule has 0 aliphatic heterocycles. The number of hydrogen-bond donors (Lipinski definition) is 0. The highest BCUT2D eigenvalue weighted by molar-refractivity contribution is 7.87. The Morgan fingerprint density at radius 3 is 2.75 bits per heavy atom. The van der Waals surface area contributed by atoms with Gasteiger partial charge in [-0.1, -0.05) is 13.8 Å².